The van der Waals surface area contributed by atoms with Crippen molar-refractivity contribution in [3.63, 3.8) is 0 Å². The minimum Gasteiger partial charge on any atom is -0.409 e. The maximum atomic E-state index is 6.35. The van der Waals surface area contributed by atoms with Gasteiger partial charge in [-0.15, -0.1) is 0 Å². The molecule has 3 heteroatoms. The predicted molar refractivity (Wildman–Crippen MR) is 73.4 cm³/mol. The average Bonchev–Trinajstić information content (AvgIpc) is 2.02. The zero-order valence-corrected chi connectivity index (χ0v) is 12.6. The van der Waals surface area contributed by atoms with Crippen LogP contribution in [0, 0.1) is 0 Å². The number of halogens is 1. The molecule has 0 aromatic carbocycles. The first kappa shape index (κ1) is 12.7. The van der Waals surface area contributed by atoms with E-state index in [2.05, 4.69) is 52.4 Å². The molecule has 1 rings (SSSR count). The Bertz CT molecular complexity index is 202. The summed E-state index contributed by atoms with van der Waals surface area (Å²) in [6.45, 7) is 6.85. The summed E-state index contributed by atoms with van der Waals surface area (Å²) < 4.78 is 8.48. The fraction of sp³-hybridized carbons (Fsp3) is 0.818. The Morgan fingerprint density at radius 1 is 1.14 bits per heavy atom. The van der Waals surface area contributed by atoms with Crippen molar-refractivity contribution in [2.24, 2.45) is 0 Å². The van der Waals surface area contributed by atoms with Crippen LogP contribution < -0.4 is 0 Å². The molecule has 82 valence electrons. The predicted octanol–water partition coefficient (Wildman–Crippen LogP) is 4.49. The second kappa shape index (κ2) is 5.12. The molecule has 0 radical (unpaired) electrons. The highest BCUT2D eigenvalue weighted by atomic mass is 127. The van der Waals surface area contributed by atoms with E-state index in [1.807, 2.05) is 0 Å². The van der Waals surface area contributed by atoms with Crippen molar-refractivity contribution in [1.82, 2.24) is 0 Å². The fourth-order valence-corrected chi connectivity index (χ4v) is 4.32. The van der Waals surface area contributed by atoms with Gasteiger partial charge in [0, 0.05) is 0 Å². The van der Waals surface area contributed by atoms with Crippen LogP contribution in [0.15, 0.2) is 10.2 Å². The summed E-state index contributed by atoms with van der Waals surface area (Å²) in [7, 11) is -1.41. The molecule has 1 nitrogen and oxygen atoms in total. The van der Waals surface area contributed by atoms with Crippen LogP contribution in [0.25, 0.3) is 0 Å². The van der Waals surface area contributed by atoms with Crippen LogP contribution in [-0.4, -0.2) is 13.9 Å². The minimum atomic E-state index is -1.41. The molecule has 0 amide bonds. The monoisotopic (exact) mass is 324 g/mol. The molecule has 0 aliphatic heterocycles. The lowest BCUT2D eigenvalue weighted by Gasteiger charge is -2.39. The molecular formula is C11H21IOSi. The molecule has 14 heavy (non-hydrogen) atoms. The van der Waals surface area contributed by atoms with Crippen LogP contribution in [-0.2, 0) is 4.43 Å². The number of hydrogen-bond acceptors (Lipinski definition) is 1. The Labute approximate surface area is 103 Å². The molecule has 0 N–H and O–H groups in total. The van der Waals surface area contributed by atoms with Gasteiger partial charge < -0.3 is 4.43 Å². The van der Waals surface area contributed by atoms with Crippen molar-refractivity contribution < 1.29 is 4.43 Å². The molecule has 0 saturated heterocycles. The van der Waals surface area contributed by atoms with Crippen LogP contribution in [0.4, 0.5) is 0 Å². The summed E-state index contributed by atoms with van der Waals surface area (Å²) in [6, 6.07) is 0. The molecule has 1 aliphatic carbocycles. The zero-order valence-electron chi connectivity index (χ0n) is 9.48. The van der Waals surface area contributed by atoms with Crippen molar-refractivity contribution in [3.05, 3.63) is 10.2 Å². The van der Waals surface area contributed by atoms with Crippen molar-refractivity contribution in [2.75, 3.05) is 0 Å². The SMILES string of the molecule is C[Si](C)(C)OC1(/C=C/I)CCCCC1. The van der Waals surface area contributed by atoms with Gasteiger partial charge in [0.1, 0.15) is 0 Å². The summed E-state index contributed by atoms with van der Waals surface area (Å²) in [5.41, 5.74) is 0.0872. The summed E-state index contributed by atoms with van der Waals surface area (Å²) >= 11 is 2.31. The minimum absolute atomic E-state index is 0.0872. The third-order valence-electron chi connectivity index (χ3n) is 2.58. The van der Waals surface area contributed by atoms with Gasteiger partial charge in [0.25, 0.3) is 0 Å². The Kier molecular flexibility index (Phi) is 4.65. The Morgan fingerprint density at radius 2 is 1.71 bits per heavy atom. The van der Waals surface area contributed by atoms with E-state index in [4.69, 9.17) is 4.43 Å². The summed E-state index contributed by atoms with van der Waals surface area (Å²) in [6.07, 6.45) is 8.75. The molecule has 0 atom stereocenters. The second-order valence-electron chi connectivity index (χ2n) is 5.13. The van der Waals surface area contributed by atoms with Gasteiger partial charge >= 0.3 is 0 Å². The van der Waals surface area contributed by atoms with Crippen molar-refractivity contribution in [1.29, 1.82) is 0 Å². The molecule has 0 spiro atoms. The number of rotatable bonds is 3. The maximum Gasteiger partial charge on any atom is 0.184 e. The van der Waals surface area contributed by atoms with Gasteiger partial charge in [0.2, 0.25) is 0 Å². The van der Waals surface area contributed by atoms with Gasteiger partial charge in [-0.1, -0.05) is 41.9 Å². The molecule has 1 fully saturated rings. The first-order valence-electron chi connectivity index (χ1n) is 5.46. The largest absolute Gasteiger partial charge is 0.409 e. The topological polar surface area (TPSA) is 9.23 Å². The fourth-order valence-electron chi connectivity index (χ4n) is 2.18. The first-order valence-corrected chi connectivity index (χ1v) is 10.1. The van der Waals surface area contributed by atoms with Crippen molar-refractivity contribution >= 4 is 30.9 Å². The summed E-state index contributed by atoms with van der Waals surface area (Å²) in [5, 5.41) is 0. The normalized spacial score (nSPS) is 22.9. The lowest BCUT2D eigenvalue weighted by atomic mass is 9.85. The first-order chi connectivity index (χ1) is 6.47. The molecule has 0 aromatic rings. The molecule has 0 aromatic heterocycles. The van der Waals surface area contributed by atoms with Gasteiger partial charge in [-0.25, -0.2) is 0 Å². The third-order valence-corrected chi connectivity index (χ3v) is 3.95. The summed E-state index contributed by atoms with van der Waals surface area (Å²) in [4.78, 5) is 0. The van der Waals surface area contributed by atoms with E-state index < -0.39 is 8.32 Å². The van der Waals surface area contributed by atoms with E-state index in [0.29, 0.717) is 0 Å². The molecular weight excluding hydrogens is 303 g/mol. The van der Waals surface area contributed by atoms with Gasteiger partial charge in [-0.2, -0.15) is 0 Å². The highest BCUT2D eigenvalue weighted by molar-refractivity contribution is 14.1. The van der Waals surface area contributed by atoms with Crippen molar-refractivity contribution in [2.45, 2.75) is 57.3 Å². The smallest absolute Gasteiger partial charge is 0.184 e. The Hall–Kier alpha value is 0.647. The maximum absolute atomic E-state index is 6.35. The van der Waals surface area contributed by atoms with Crippen LogP contribution >= 0.6 is 22.6 Å². The standard InChI is InChI=1S/C11H21IOSi/c1-14(2,3)13-11(9-10-12)7-5-4-6-8-11/h9-10H,4-8H2,1-3H3/b10-9+. The molecule has 0 unspecified atom stereocenters. The molecule has 1 saturated carbocycles. The lowest BCUT2D eigenvalue weighted by Crippen LogP contribution is -2.42. The number of hydrogen-bond donors (Lipinski definition) is 0. The Balaban J connectivity index is 2.70. The van der Waals surface area contributed by atoms with E-state index >= 15 is 0 Å². The Morgan fingerprint density at radius 3 is 2.14 bits per heavy atom. The zero-order chi connectivity index (χ0) is 10.7. The third kappa shape index (κ3) is 4.02. The molecule has 1 aliphatic rings. The summed E-state index contributed by atoms with van der Waals surface area (Å²) in [5.74, 6) is 0. The highest BCUT2D eigenvalue weighted by Gasteiger charge is 2.34. The quantitative estimate of drug-likeness (QED) is 0.549. The van der Waals surface area contributed by atoms with Crippen molar-refractivity contribution in [3.8, 4) is 0 Å². The van der Waals surface area contributed by atoms with Crippen LogP contribution in [0.1, 0.15) is 32.1 Å². The van der Waals surface area contributed by atoms with E-state index in [0.717, 1.165) is 0 Å². The molecule has 0 heterocycles. The van der Waals surface area contributed by atoms with Gasteiger partial charge in [0.15, 0.2) is 8.32 Å². The van der Waals surface area contributed by atoms with Gasteiger partial charge in [-0.3, -0.25) is 0 Å². The second-order valence-corrected chi connectivity index (χ2v) is 10.3. The average molecular weight is 324 g/mol. The molecule has 0 bridgehead atoms. The van der Waals surface area contributed by atoms with E-state index in [9.17, 15) is 0 Å². The van der Waals surface area contributed by atoms with E-state index in [-0.39, 0.29) is 5.60 Å². The van der Waals surface area contributed by atoms with Gasteiger partial charge in [0.05, 0.1) is 5.60 Å². The van der Waals surface area contributed by atoms with Crippen LogP contribution in [0.2, 0.25) is 19.6 Å². The van der Waals surface area contributed by atoms with Crippen LogP contribution in [0.5, 0.6) is 0 Å². The van der Waals surface area contributed by atoms with E-state index in [1.54, 1.807) is 0 Å². The highest BCUT2D eigenvalue weighted by Crippen LogP contribution is 2.35. The lowest BCUT2D eigenvalue weighted by molar-refractivity contribution is 0.0702. The van der Waals surface area contributed by atoms with Crippen LogP contribution in [0.3, 0.4) is 0 Å². The van der Waals surface area contributed by atoms with Gasteiger partial charge in [-0.05, 0) is 42.6 Å². The van der Waals surface area contributed by atoms with E-state index in [1.165, 1.54) is 32.1 Å².